The molecule has 1 atom stereocenters. The molecule has 4 amide bonds. The Morgan fingerprint density at radius 1 is 1.00 bits per heavy atom. The predicted molar refractivity (Wildman–Crippen MR) is 121 cm³/mol. The van der Waals surface area contributed by atoms with E-state index in [-0.39, 0.29) is 6.54 Å². The first-order valence-electron chi connectivity index (χ1n) is 10.4. The summed E-state index contributed by atoms with van der Waals surface area (Å²) >= 11 is 0. The smallest absolute Gasteiger partial charge is 0.325 e. The van der Waals surface area contributed by atoms with Gasteiger partial charge in [0.2, 0.25) is 5.91 Å². The minimum absolute atomic E-state index is 0.343. The van der Waals surface area contributed by atoms with E-state index in [1.54, 1.807) is 6.92 Å². The molecular formula is C25H25N3O3. The summed E-state index contributed by atoms with van der Waals surface area (Å²) in [4.78, 5) is 39.2. The number of anilines is 1. The Labute approximate surface area is 181 Å². The van der Waals surface area contributed by atoms with E-state index in [1.807, 2.05) is 66.7 Å². The molecule has 6 nitrogen and oxygen atoms in total. The molecule has 6 heteroatoms. The van der Waals surface area contributed by atoms with Crippen LogP contribution in [0.2, 0.25) is 0 Å². The van der Waals surface area contributed by atoms with E-state index in [1.165, 1.54) is 5.56 Å². The maximum absolute atomic E-state index is 13.1. The molecule has 3 aromatic rings. The molecule has 0 bridgehead atoms. The number of hydrogen-bond acceptors (Lipinski definition) is 3. The van der Waals surface area contributed by atoms with Crippen molar-refractivity contribution in [2.75, 3.05) is 11.9 Å². The zero-order valence-corrected chi connectivity index (χ0v) is 17.6. The number of imide groups is 1. The Morgan fingerprint density at radius 3 is 2.42 bits per heavy atom. The number of nitrogens with one attached hydrogen (secondary N) is 2. The van der Waals surface area contributed by atoms with Crippen LogP contribution in [-0.2, 0) is 21.5 Å². The van der Waals surface area contributed by atoms with Crippen molar-refractivity contribution in [3.05, 3.63) is 77.9 Å². The first kappa shape index (κ1) is 20.6. The molecule has 1 aliphatic rings. The summed E-state index contributed by atoms with van der Waals surface area (Å²) in [5.41, 5.74) is 1.29. The number of fused-ring (bicyclic) bond motifs is 1. The number of benzene rings is 3. The number of rotatable bonds is 6. The number of amides is 4. The van der Waals surface area contributed by atoms with Gasteiger partial charge >= 0.3 is 6.03 Å². The second-order valence-electron chi connectivity index (χ2n) is 8.00. The quantitative estimate of drug-likeness (QED) is 0.593. The molecule has 1 saturated heterocycles. The Balaban J connectivity index is 1.48. The van der Waals surface area contributed by atoms with Gasteiger partial charge in [0, 0.05) is 5.69 Å². The van der Waals surface area contributed by atoms with Gasteiger partial charge in [0.15, 0.2) is 0 Å². The molecule has 0 aromatic heterocycles. The summed E-state index contributed by atoms with van der Waals surface area (Å²) in [5, 5.41) is 7.54. The molecule has 0 radical (unpaired) electrons. The van der Waals surface area contributed by atoms with Gasteiger partial charge in [0.05, 0.1) is 0 Å². The van der Waals surface area contributed by atoms with Crippen molar-refractivity contribution in [1.82, 2.24) is 10.2 Å². The largest absolute Gasteiger partial charge is 0.325 e. The van der Waals surface area contributed by atoms with Crippen LogP contribution in [0, 0.1) is 0 Å². The number of nitrogens with zero attached hydrogens (tertiary/aromatic N) is 1. The monoisotopic (exact) mass is 415 g/mol. The van der Waals surface area contributed by atoms with E-state index in [0.29, 0.717) is 11.3 Å². The van der Waals surface area contributed by atoms with Gasteiger partial charge in [-0.1, -0.05) is 61.9 Å². The van der Waals surface area contributed by atoms with E-state index in [0.717, 1.165) is 28.5 Å². The molecule has 1 fully saturated rings. The van der Waals surface area contributed by atoms with E-state index in [4.69, 9.17) is 0 Å². The normalized spacial score (nSPS) is 18.3. The van der Waals surface area contributed by atoms with Gasteiger partial charge in [-0.15, -0.1) is 0 Å². The lowest BCUT2D eigenvalue weighted by atomic mass is 9.90. The highest BCUT2D eigenvalue weighted by molar-refractivity contribution is 6.10. The number of aryl methyl sites for hydroxylation is 1. The van der Waals surface area contributed by atoms with Crippen LogP contribution >= 0.6 is 0 Å². The molecule has 4 rings (SSSR count). The van der Waals surface area contributed by atoms with Gasteiger partial charge in [0.1, 0.15) is 12.1 Å². The van der Waals surface area contributed by atoms with Crippen LogP contribution < -0.4 is 10.6 Å². The summed E-state index contributed by atoms with van der Waals surface area (Å²) in [6.07, 6.45) is 2.03. The van der Waals surface area contributed by atoms with Crippen molar-refractivity contribution in [2.24, 2.45) is 0 Å². The molecular weight excluding hydrogens is 390 g/mol. The van der Waals surface area contributed by atoms with Gasteiger partial charge in [0.25, 0.3) is 5.91 Å². The lowest BCUT2D eigenvalue weighted by molar-refractivity contribution is -0.133. The summed E-state index contributed by atoms with van der Waals surface area (Å²) in [6, 6.07) is 20.5. The average molecular weight is 415 g/mol. The van der Waals surface area contributed by atoms with Crippen LogP contribution in [0.5, 0.6) is 0 Å². The molecule has 1 heterocycles. The number of carbonyl (C=O) groups excluding carboxylic acids is 3. The lowest BCUT2D eigenvalue weighted by Crippen LogP contribution is -2.42. The molecule has 158 valence electrons. The van der Waals surface area contributed by atoms with Crippen LogP contribution in [0.3, 0.4) is 0 Å². The summed E-state index contributed by atoms with van der Waals surface area (Å²) in [6.45, 7) is 3.44. The van der Waals surface area contributed by atoms with Crippen LogP contribution in [-0.4, -0.2) is 29.3 Å². The molecule has 0 spiro atoms. The van der Waals surface area contributed by atoms with Gasteiger partial charge in [-0.3, -0.25) is 14.5 Å². The van der Waals surface area contributed by atoms with Gasteiger partial charge < -0.3 is 10.6 Å². The topological polar surface area (TPSA) is 78.5 Å². The molecule has 3 aromatic carbocycles. The second-order valence-corrected chi connectivity index (χ2v) is 8.00. The van der Waals surface area contributed by atoms with Crippen LogP contribution in [0.1, 0.15) is 31.4 Å². The highest BCUT2D eigenvalue weighted by Crippen LogP contribution is 2.31. The SMILES string of the molecule is CCCc1ccc(NC(=O)CN2C(=O)N[C@](C)(c3ccc4ccccc4c3)C2=O)cc1. The maximum Gasteiger partial charge on any atom is 0.325 e. The van der Waals surface area contributed by atoms with Crippen molar-refractivity contribution < 1.29 is 14.4 Å². The van der Waals surface area contributed by atoms with Crippen molar-refractivity contribution >= 4 is 34.3 Å². The van der Waals surface area contributed by atoms with E-state index in [2.05, 4.69) is 17.6 Å². The number of hydrogen-bond donors (Lipinski definition) is 2. The summed E-state index contributed by atoms with van der Waals surface area (Å²) in [7, 11) is 0. The maximum atomic E-state index is 13.1. The summed E-state index contributed by atoms with van der Waals surface area (Å²) < 4.78 is 0. The number of urea groups is 1. The zero-order valence-electron chi connectivity index (χ0n) is 17.6. The van der Waals surface area contributed by atoms with Gasteiger partial charge in [-0.2, -0.15) is 0 Å². The molecule has 2 N–H and O–H groups in total. The molecule has 0 unspecified atom stereocenters. The van der Waals surface area contributed by atoms with Gasteiger partial charge in [-0.25, -0.2) is 4.79 Å². The van der Waals surface area contributed by atoms with Crippen molar-refractivity contribution in [3.8, 4) is 0 Å². The van der Waals surface area contributed by atoms with E-state index < -0.39 is 23.4 Å². The van der Waals surface area contributed by atoms with Crippen LogP contribution in [0.15, 0.2) is 66.7 Å². The summed E-state index contributed by atoms with van der Waals surface area (Å²) in [5.74, 6) is -0.865. The first-order valence-corrected chi connectivity index (χ1v) is 10.4. The van der Waals surface area contributed by atoms with Crippen molar-refractivity contribution in [1.29, 1.82) is 0 Å². The lowest BCUT2D eigenvalue weighted by Gasteiger charge is -2.22. The number of carbonyl (C=O) groups is 3. The third kappa shape index (κ3) is 4.01. The standard InChI is InChI=1S/C25H25N3O3/c1-3-6-17-9-13-21(14-10-17)26-22(29)16-28-23(30)25(2,27-24(28)31)20-12-11-18-7-4-5-8-19(18)15-20/h4-5,7-15H,3,6,16H2,1-2H3,(H,26,29)(H,27,31)/t25-/m1/s1. The second kappa shape index (κ2) is 8.22. The Morgan fingerprint density at radius 2 is 1.71 bits per heavy atom. The van der Waals surface area contributed by atoms with Crippen molar-refractivity contribution in [2.45, 2.75) is 32.2 Å². The van der Waals surface area contributed by atoms with Gasteiger partial charge in [-0.05, 0) is 53.4 Å². The fraction of sp³-hybridized carbons (Fsp3) is 0.240. The first-order chi connectivity index (χ1) is 14.9. The highest BCUT2D eigenvalue weighted by atomic mass is 16.2. The molecule has 31 heavy (non-hydrogen) atoms. The third-order valence-electron chi connectivity index (χ3n) is 5.68. The zero-order chi connectivity index (χ0) is 22.0. The molecule has 0 saturated carbocycles. The Bertz CT molecular complexity index is 1160. The van der Waals surface area contributed by atoms with Crippen LogP contribution in [0.25, 0.3) is 10.8 Å². The minimum Gasteiger partial charge on any atom is -0.325 e. The average Bonchev–Trinajstić information content (AvgIpc) is 2.99. The fourth-order valence-corrected chi connectivity index (χ4v) is 3.92. The van der Waals surface area contributed by atoms with Crippen LogP contribution in [0.4, 0.5) is 10.5 Å². The Kier molecular flexibility index (Phi) is 5.46. The van der Waals surface area contributed by atoms with Crippen molar-refractivity contribution in [3.63, 3.8) is 0 Å². The molecule has 0 aliphatic carbocycles. The third-order valence-corrected chi connectivity index (χ3v) is 5.68. The predicted octanol–water partition coefficient (Wildman–Crippen LogP) is 4.20. The Hall–Kier alpha value is -3.67. The fourth-order valence-electron chi connectivity index (χ4n) is 3.92. The highest BCUT2D eigenvalue weighted by Gasteiger charge is 2.49. The van der Waals surface area contributed by atoms with E-state index in [9.17, 15) is 14.4 Å². The van der Waals surface area contributed by atoms with E-state index >= 15 is 0 Å². The molecule has 1 aliphatic heterocycles. The minimum atomic E-state index is -1.22.